The molecule has 1 fully saturated rings. The molecule has 0 aliphatic carbocycles. The molecule has 0 aromatic rings. The van der Waals surface area contributed by atoms with Crippen molar-refractivity contribution in [1.82, 2.24) is 5.32 Å². The first-order valence-electron chi connectivity index (χ1n) is 6.07. The molecule has 2 nitrogen and oxygen atoms in total. The van der Waals surface area contributed by atoms with Gasteiger partial charge in [0, 0.05) is 18.9 Å². The van der Waals surface area contributed by atoms with Crippen LogP contribution in [0.2, 0.25) is 0 Å². The van der Waals surface area contributed by atoms with Crippen LogP contribution in [0.15, 0.2) is 11.6 Å². The van der Waals surface area contributed by atoms with E-state index in [1.165, 1.54) is 24.8 Å². The molecule has 1 N–H and O–H groups in total. The molecule has 0 amide bonds. The topological polar surface area (TPSA) is 29.1 Å². The molecular weight excluding hydrogens is 186 g/mol. The van der Waals surface area contributed by atoms with E-state index < -0.39 is 0 Å². The largest absolute Gasteiger partial charge is 0.314 e. The summed E-state index contributed by atoms with van der Waals surface area (Å²) in [7, 11) is 0. The van der Waals surface area contributed by atoms with E-state index >= 15 is 0 Å². The van der Waals surface area contributed by atoms with Crippen molar-refractivity contribution < 1.29 is 4.79 Å². The van der Waals surface area contributed by atoms with Gasteiger partial charge in [-0.2, -0.15) is 0 Å². The number of carbonyl (C=O) groups excluding carboxylic acids is 1. The smallest absolute Gasteiger partial charge is 0.134 e. The van der Waals surface area contributed by atoms with Crippen molar-refractivity contribution in [3.63, 3.8) is 0 Å². The van der Waals surface area contributed by atoms with Gasteiger partial charge in [-0.1, -0.05) is 18.1 Å². The Bertz CT molecular complexity index is 223. The molecule has 0 saturated carbocycles. The molecule has 0 aromatic heterocycles. The fourth-order valence-electron chi connectivity index (χ4n) is 2.00. The summed E-state index contributed by atoms with van der Waals surface area (Å²) in [4.78, 5) is 11.6. The molecule has 0 bridgehead atoms. The van der Waals surface area contributed by atoms with E-state index in [1.807, 2.05) is 0 Å². The number of ketones is 1. The van der Waals surface area contributed by atoms with Gasteiger partial charge in [0.25, 0.3) is 0 Å². The number of allylic oxidation sites excluding steroid dienone is 2. The number of Topliss-reactive ketones (excluding diaryl/α,β-unsaturated/α-hetero) is 1. The van der Waals surface area contributed by atoms with E-state index in [4.69, 9.17) is 0 Å². The zero-order valence-electron chi connectivity index (χ0n) is 10.0. The Morgan fingerprint density at radius 3 is 2.80 bits per heavy atom. The Hall–Kier alpha value is -0.630. The Kier molecular flexibility index (Phi) is 5.62. The van der Waals surface area contributed by atoms with Gasteiger partial charge in [-0.15, -0.1) is 0 Å². The second-order valence-electron chi connectivity index (χ2n) is 4.71. The Balaban J connectivity index is 2.14. The number of nitrogens with one attached hydrogen (secondary N) is 1. The molecule has 1 unspecified atom stereocenters. The summed E-state index contributed by atoms with van der Waals surface area (Å²) in [6.07, 6.45) is 8.22. The van der Waals surface area contributed by atoms with Crippen LogP contribution in [0.4, 0.5) is 0 Å². The van der Waals surface area contributed by atoms with Gasteiger partial charge < -0.3 is 5.32 Å². The highest BCUT2D eigenvalue weighted by molar-refractivity contribution is 5.79. The van der Waals surface area contributed by atoms with Gasteiger partial charge in [-0.05, 0) is 39.7 Å². The molecule has 1 aliphatic heterocycles. The summed E-state index contributed by atoms with van der Waals surface area (Å²) in [5, 5.41) is 3.41. The van der Waals surface area contributed by atoms with Crippen molar-refractivity contribution in [3.8, 4) is 0 Å². The van der Waals surface area contributed by atoms with Crippen molar-refractivity contribution in [3.05, 3.63) is 11.6 Å². The quantitative estimate of drug-likeness (QED) is 0.705. The molecule has 0 spiro atoms. The first-order chi connectivity index (χ1) is 7.18. The fourth-order valence-corrected chi connectivity index (χ4v) is 2.00. The first-order valence-corrected chi connectivity index (χ1v) is 6.07. The van der Waals surface area contributed by atoms with Crippen molar-refractivity contribution >= 4 is 5.78 Å². The van der Waals surface area contributed by atoms with Gasteiger partial charge >= 0.3 is 0 Å². The van der Waals surface area contributed by atoms with E-state index in [2.05, 4.69) is 25.2 Å². The zero-order chi connectivity index (χ0) is 11.1. The molecule has 0 radical (unpaired) electrons. The van der Waals surface area contributed by atoms with Crippen molar-refractivity contribution in [2.45, 2.75) is 58.4 Å². The van der Waals surface area contributed by atoms with E-state index in [1.54, 1.807) is 0 Å². The van der Waals surface area contributed by atoms with Crippen LogP contribution in [-0.2, 0) is 4.79 Å². The highest BCUT2D eigenvalue weighted by atomic mass is 16.1. The maximum atomic E-state index is 11.6. The number of rotatable bonds is 5. The molecule has 1 atom stereocenters. The predicted molar refractivity (Wildman–Crippen MR) is 63.9 cm³/mol. The summed E-state index contributed by atoms with van der Waals surface area (Å²) in [5.74, 6) is 0.409. The Morgan fingerprint density at radius 1 is 1.40 bits per heavy atom. The minimum Gasteiger partial charge on any atom is -0.314 e. The average Bonchev–Trinajstić information content (AvgIpc) is 2.18. The van der Waals surface area contributed by atoms with E-state index in [9.17, 15) is 4.79 Å². The van der Waals surface area contributed by atoms with Crippen molar-refractivity contribution in [1.29, 1.82) is 0 Å². The highest BCUT2D eigenvalue weighted by Gasteiger charge is 2.15. The van der Waals surface area contributed by atoms with Crippen LogP contribution >= 0.6 is 0 Å². The third-order valence-electron chi connectivity index (χ3n) is 2.86. The van der Waals surface area contributed by atoms with E-state index in [0.717, 1.165) is 19.4 Å². The van der Waals surface area contributed by atoms with Crippen LogP contribution in [0.1, 0.15) is 52.4 Å². The van der Waals surface area contributed by atoms with Crippen molar-refractivity contribution in [2.75, 3.05) is 6.54 Å². The summed E-state index contributed by atoms with van der Waals surface area (Å²) in [6.45, 7) is 5.24. The molecule has 0 aromatic carbocycles. The third-order valence-corrected chi connectivity index (χ3v) is 2.86. The van der Waals surface area contributed by atoms with Gasteiger partial charge in [0.05, 0.1) is 0 Å². The van der Waals surface area contributed by atoms with Crippen LogP contribution in [0.5, 0.6) is 0 Å². The number of hydrogen-bond donors (Lipinski definition) is 1. The van der Waals surface area contributed by atoms with Crippen LogP contribution in [0.3, 0.4) is 0 Å². The maximum Gasteiger partial charge on any atom is 0.134 e. The number of carbonyl (C=O) groups is 1. The molecular formula is C13H23NO. The van der Waals surface area contributed by atoms with E-state index in [-0.39, 0.29) is 0 Å². The zero-order valence-corrected chi connectivity index (χ0v) is 10.0. The third kappa shape index (κ3) is 5.73. The molecule has 1 saturated heterocycles. The van der Waals surface area contributed by atoms with Crippen LogP contribution in [-0.4, -0.2) is 18.4 Å². The van der Waals surface area contributed by atoms with Gasteiger partial charge in [-0.3, -0.25) is 4.79 Å². The standard InChI is InChI=1S/C13H23NO/c1-11(2)6-5-8-13(15)10-12-7-3-4-9-14-12/h6,12,14H,3-5,7-10H2,1-2H3. The van der Waals surface area contributed by atoms with Crippen molar-refractivity contribution in [2.24, 2.45) is 0 Å². The van der Waals surface area contributed by atoms with Crippen LogP contribution in [0, 0.1) is 0 Å². The van der Waals surface area contributed by atoms with Crippen LogP contribution in [0.25, 0.3) is 0 Å². The molecule has 86 valence electrons. The minimum atomic E-state index is 0.409. The van der Waals surface area contributed by atoms with Gasteiger partial charge in [-0.25, -0.2) is 0 Å². The second kappa shape index (κ2) is 6.78. The lowest BCUT2D eigenvalue weighted by Gasteiger charge is -2.22. The van der Waals surface area contributed by atoms with Gasteiger partial charge in [0.15, 0.2) is 0 Å². The Labute approximate surface area is 93.1 Å². The average molecular weight is 209 g/mol. The lowest BCUT2D eigenvalue weighted by Crippen LogP contribution is -2.35. The van der Waals surface area contributed by atoms with Gasteiger partial charge in [0.2, 0.25) is 0 Å². The molecule has 1 aliphatic rings. The second-order valence-corrected chi connectivity index (χ2v) is 4.71. The summed E-state index contributed by atoms with van der Waals surface area (Å²) >= 11 is 0. The molecule has 1 rings (SSSR count). The number of piperidine rings is 1. The first kappa shape index (κ1) is 12.4. The summed E-state index contributed by atoms with van der Waals surface area (Å²) in [5.41, 5.74) is 1.30. The SMILES string of the molecule is CC(C)=CCCC(=O)CC1CCCCN1. The van der Waals surface area contributed by atoms with Crippen LogP contribution < -0.4 is 5.32 Å². The molecule has 2 heteroatoms. The predicted octanol–water partition coefficient (Wildman–Crippen LogP) is 2.83. The normalized spacial score (nSPS) is 21.1. The lowest BCUT2D eigenvalue weighted by molar-refractivity contribution is -0.119. The minimum absolute atomic E-state index is 0.409. The fraction of sp³-hybridized carbons (Fsp3) is 0.769. The monoisotopic (exact) mass is 209 g/mol. The lowest BCUT2D eigenvalue weighted by atomic mass is 9.98. The summed E-state index contributed by atoms with van der Waals surface area (Å²) in [6, 6.07) is 0.456. The molecule has 15 heavy (non-hydrogen) atoms. The van der Waals surface area contributed by atoms with E-state index in [0.29, 0.717) is 18.2 Å². The summed E-state index contributed by atoms with van der Waals surface area (Å²) < 4.78 is 0. The maximum absolute atomic E-state index is 11.6. The van der Waals surface area contributed by atoms with Gasteiger partial charge in [0.1, 0.15) is 5.78 Å². The number of hydrogen-bond acceptors (Lipinski definition) is 2. The Morgan fingerprint density at radius 2 is 2.20 bits per heavy atom. The highest BCUT2D eigenvalue weighted by Crippen LogP contribution is 2.12. The molecule has 1 heterocycles.